The van der Waals surface area contributed by atoms with E-state index in [1.165, 1.54) is 0 Å². The third-order valence-electron chi connectivity index (χ3n) is 3.42. The predicted octanol–water partition coefficient (Wildman–Crippen LogP) is 4.48. The second-order valence-electron chi connectivity index (χ2n) is 4.99. The summed E-state index contributed by atoms with van der Waals surface area (Å²) in [5, 5.41) is 0.671. The van der Waals surface area contributed by atoms with Crippen molar-refractivity contribution in [3.8, 4) is 5.69 Å². The summed E-state index contributed by atoms with van der Waals surface area (Å²) in [7, 11) is 4.03. The van der Waals surface area contributed by atoms with Crippen molar-refractivity contribution in [2.75, 3.05) is 19.0 Å². The van der Waals surface area contributed by atoms with Crippen LogP contribution in [0.5, 0.6) is 0 Å². The molecule has 0 aliphatic carbocycles. The molecule has 5 heteroatoms. The molecule has 0 aliphatic heterocycles. The van der Waals surface area contributed by atoms with Gasteiger partial charge in [0.05, 0.1) is 33.3 Å². The first kappa shape index (κ1) is 14.2. The van der Waals surface area contributed by atoms with E-state index in [2.05, 4.69) is 22.0 Å². The zero-order valence-electron chi connectivity index (χ0n) is 11.8. The minimum absolute atomic E-state index is 0.326. The highest BCUT2D eigenvalue weighted by molar-refractivity contribution is 6.35. The lowest BCUT2D eigenvalue weighted by Crippen LogP contribution is -2.13. The van der Waals surface area contributed by atoms with Gasteiger partial charge in [0.25, 0.3) is 0 Å². The molecule has 0 unspecified atom stereocenters. The number of benzene rings is 2. The lowest BCUT2D eigenvalue weighted by atomic mass is 10.2. The molecular weight excluding hydrogens is 305 g/mol. The Hall–Kier alpha value is -1.71. The van der Waals surface area contributed by atoms with E-state index in [4.69, 9.17) is 23.2 Å². The van der Waals surface area contributed by atoms with E-state index in [9.17, 15) is 0 Å². The second kappa shape index (κ2) is 5.58. The van der Waals surface area contributed by atoms with Crippen LogP contribution in [0.3, 0.4) is 0 Å². The number of para-hydroxylation sites is 3. The first-order chi connectivity index (χ1) is 10.1. The van der Waals surface area contributed by atoms with Crippen LogP contribution in [0.2, 0.25) is 5.02 Å². The van der Waals surface area contributed by atoms with Crippen LogP contribution < -0.4 is 4.90 Å². The van der Waals surface area contributed by atoms with Gasteiger partial charge in [-0.3, -0.25) is 4.57 Å². The van der Waals surface area contributed by atoms with Gasteiger partial charge in [-0.25, -0.2) is 4.98 Å². The summed E-state index contributed by atoms with van der Waals surface area (Å²) in [4.78, 5) is 6.66. The SMILES string of the molecule is CN(C)c1ccccc1-n1c(CCl)nc2cccc(Cl)c21. The number of fused-ring (bicyclic) bond motifs is 1. The first-order valence-electron chi connectivity index (χ1n) is 6.62. The van der Waals surface area contributed by atoms with Crippen molar-refractivity contribution in [3.05, 3.63) is 53.3 Å². The van der Waals surface area contributed by atoms with Crippen LogP contribution in [0, 0.1) is 0 Å². The van der Waals surface area contributed by atoms with Crippen molar-refractivity contribution in [1.82, 2.24) is 9.55 Å². The van der Waals surface area contributed by atoms with Crippen molar-refractivity contribution >= 4 is 39.9 Å². The first-order valence-corrected chi connectivity index (χ1v) is 7.53. The topological polar surface area (TPSA) is 21.1 Å². The van der Waals surface area contributed by atoms with E-state index in [-0.39, 0.29) is 0 Å². The summed E-state index contributed by atoms with van der Waals surface area (Å²) >= 11 is 12.5. The van der Waals surface area contributed by atoms with Gasteiger partial charge in [-0.15, -0.1) is 11.6 Å². The molecule has 3 aromatic rings. The van der Waals surface area contributed by atoms with Crippen LogP contribution in [0.4, 0.5) is 5.69 Å². The molecule has 108 valence electrons. The summed E-state index contributed by atoms with van der Waals surface area (Å²) in [5.74, 6) is 1.11. The normalized spacial score (nSPS) is 11.0. The molecular formula is C16H15Cl2N3. The Labute approximate surface area is 133 Å². The molecule has 1 aromatic heterocycles. The van der Waals surface area contributed by atoms with Gasteiger partial charge in [-0.2, -0.15) is 0 Å². The fourth-order valence-electron chi connectivity index (χ4n) is 2.51. The molecule has 3 nitrogen and oxygen atoms in total. The highest BCUT2D eigenvalue weighted by Crippen LogP contribution is 2.32. The van der Waals surface area contributed by atoms with Gasteiger partial charge < -0.3 is 4.90 Å². The van der Waals surface area contributed by atoms with E-state index in [0.717, 1.165) is 28.2 Å². The summed E-state index contributed by atoms with van der Waals surface area (Å²) in [6.45, 7) is 0. The van der Waals surface area contributed by atoms with Gasteiger partial charge in [0.15, 0.2) is 0 Å². The average Bonchev–Trinajstić information content (AvgIpc) is 2.87. The molecule has 21 heavy (non-hydrogen) atoms. The number of halogens is 2. The minimum Gasteiger partial charge on any atom is -0.376 e. The fraction of sp³-hybridized carbons (Fsp3) is 0.188. The standard InChI is InChI=1S/C16H15Cl2N3/c1-20(2)13-8-3-4-9-14(13)21-15(10-17)19-12-7-5-6-11(18)16(12)21/h3-9H,10H2,1-2H3. The van der Waals surface area contributed by atoms with E-state index in [0.29, 0.717) is 10.9 Å². The highest BCUT2D eigenvalue weighted by Gasteiger charge is 2.17. The number of hydrogen-bond donors (Lipinski definition) is 0. The van der Waals surface area contributed by atoms with Crippen LogP contribution in [0.15, 0.2) is 42.5 Å². The third-order valence-corrected chi connectivity index (χ3v) is 3.96. The van der Waals surface area contributed by atoms with Gasteiger partial charge in [-0.1, -0.05) is 29.8 Å². The molecule has 0 aliphatic rings. The number of anilines is 1. The molecule has 2 aromatic carbocycles. The summed E-state index contributed by atoms with van der Waals surface area (Å²) in [5.41, 5.74) is 3.85. The van der Waals surface area contributed by atoms with E-state index < -0.39 is 0 Å². The molecule has 3 rings (SSSR count). The molecule has 0 amide bonds. The second-order valence-corrected chi connectivity index (χ2v) is 5.66. The average molecular weight is 320 g/mol. The molecule has 0 saturated heterocycles. The van der Waals surface area contributed by atoms with Gasteiger partial charge in [-0.05, 0) is 24.3 Å². The van der Waals surface area contributed by atoms with Gasteiger partial charge >= 0.3 is 0 Å². The largest absolute Gasteiger partial charge is 0.376 e. The van der Waals surface area contributed by atoms with Gasteiger partial charge in [0.2, 0.25) is 0 Å². The summed E-state index contributed by atoms with van der Waals surface area (Å²) < 4.78 is 2.04. The Bertz CT molecular complexity index is 793. The molecule has 0 spiro atoms. The number of rotatable bonds is 3. The Morgan fingerprint density at radius 2 is 1.86 bits per heavy atom. The number of nitrogens with zero attached hydrogens (tertiary/aromatic N) is 3. The van der Waals surface area contributed by atoms with Crippen molar-refractivity contribution in [3.63, 3.8) is 0 Å². The van der Waals surface area contributed by atoms with Crippen molar-refractivity contribution < 1.29 is 0 Å². The maximum absolute atomic E-state index is 6.40. The highest BCUT2D eigenvalue weighted by atomic mass is 35.5. The Morgan fingerprint density at radius 1 is 1.10 bits per heavy atom. The van der Waals surface area contributed by atoms with E-state index in [1.807, 2.05) is 49.0 Å². The number of aromatic nitrogens is 2. The molecule has 0 bridgehead atoms. The van der Waals surface area contributed by atoms with Crippen LogP contribution >= 0.6 is 23.2 Å². The van der Waals surface area contributed by atoms with Crippen molar-refractivity contribution in [2.24, 2.45) is 0 Å². The third kappa shape index (κ3) is 2.37. The summed E-state index contributed by atoms with van der Waals surface area (Å²) in [6, 6.07) is 13.9. The van der Waals surface area contributed by atoms with Crippen molar-refractivity contribution in [1.29, 1.82) is 0 Å². The number of imidazole rings is 1. The molecule has 0 fully saturated rings. The molecule has 1 heterocycles. The zero-order valence-corrected chi connectivity index (χ0v) is 13.4. The van der Waals surface area contributed by atoms with Crippen LogP contribution in [0.25, 0.3) is 16.7 Å². The Kier molecular flexibility index (Phi) is 3.79. The predicted molar refractivity (Wildman–Crippen MR) is 90.0 cm³/mol. The van der Waals surface area contributed by atoms with Crippen LogP contribution in [-0.2, 0) is 5.88 Å². The lowest BCUT2D eigenvalue weighted by molar-refractivity contribution is 0.968. The smallest absolute Gasteiger partial charge is 0.129 e. The quantitative estimate of drug-likeness (QED) is 0.663. The minimum atomic E-state index is 0.326. The van der Waals surface area contributed by atoms with Crippen molar-refractivity contribution in [2.45, 2.75) is 5.88 Å². The van der Waals surface area contributed by atoms with Crippen LogP contribution in [-0.4, -0.2) is 23.6 Å². The van der Waals surface area contributed by atoms with Crippen LogP contribution in [0.1, 0.15) is 5.82 Å². The Balaban J connectivity index is 2.40. The molecule has 0 radical (unpaired) electrons. The lowest BCUT2D eigenvalue weighted by Gasteiger charge is -2.19. The maximum Gasteiger partial charge on any atom is 0.129 e. The molecule has 0 N–H and O–H groups in total. The fourth-order valence-corrected chi connectivity index (χ4v) is 2.95. The summed E-state index contributed by atoms with van der Waals surface area (Å²) in [6.07, 6.45) is 0. The van der Waals surface area contributed by atoms with Gasteiger partial charge in [0.1, 0.15) is 5.82 Å². The molecule has 0 saturated carbocycles. The number of hydrogen-bond acceptors (Lipinski definition) is 2. The number of alkyl halides is 1. The Morgan fingerprint density at radius 3 is 2.57 bits per heavy atom. The zero-order chi connectivity index (χ0) is 15.0. The van der Waals surface area contributed by atoms with E-state index in [1.54, 1.807) is 0 Å². The monoisotopic (exact) mass is 319 g/mol. The molecule has 0 atom stereocenters. The van der Waals surface area contributed by atoms with Gasteiger partial charge in [0, 0.05) is 14.1 Å². The van der Waals surface area contributed by atoms with E-state index >= 15 is 0 Å². The maximum atomic E-state index is 6.40.